The molecule has 0 aliphatic heterocycles. The normalized spacial score (nSPS) is 10.3. The number of hydrogen-bond donors (Lipinski definition) is 1. The lowest BCUT2D eigenvalue weighted by molar-refractivity contribution is 0.306. The Hall–Kier alpha value is -1.94. The van der Waals surface area contributed by atoms with Gasteiger partial charge in [-0.3, -0.25) is 9.97 Å². The van der Waals surface area contributed by atoms with Crippen molar-refractivity contribution < 1.29 is 4.74 Å². The topological polar surface area (TPSA) is 61.0 Å². The maximum Gasteiger partial charge on any atom is 0.142 e. The number of ether oxygens (including phenoxy) is 1. The van der Waals surface area contributed by atoms with Crippen molar-refractivity contribution in [2.24, 2.45) is 5.73 Å². The van der Waals surface area contributed by atoms with Gasteiger partial charge in [0.05, 0.1) is 12.8 Å². The second-order valence-electron chi connectivity index (χ2n) is 3.99. The molecule has 4 heteroatoms. The third kappa shape index (κ3) is 3.53. The van der Waals surface area contributed by atoms with Crippen molar-refractivity contribution in [3.8, 4) is 5.75 Å². The van der Waals surface area contributed by atoms with Crippen molar-refractivity contribution in [3.63, 3.8) is 0 Å². The molecule has 2 aromatic heterocycles. The van der Waals surface area contributed by atoms with Crippen LogP contribution in [0.1, 0.15) is 17.5 Å². The van der Waals surface area contributed by atoms with Crippen LogP contribution in [0.5, 0.6) is 5.75 Å². The summed E-state index contributed by atoms with van der Waals surface area (Å²) in [6, 6.07) is 5.93. The molecule has 0 spiro atoms. The van der Waals surface area contributed by atoms with Crippen LogP contribution in [0.3, 0.4) is 0 Å². The molecule has 94 valence electrons. The lowest BCUT2D eigenvalue weighted by Gasteiger charge is -2.09. The molecule has 0 unspecified atom stereocenters. The Kier molecular flexibility index (Phi) is 4.67. The van der Waals surface area contributed by atoms with Crippen LogP contribution in [0, 0.1) is 0 Å². The summed E-state index contributed by atoms with van der Waals surface area (Å²) in [5, 5.41) is 0. The first-order valence-corrected chi connectivity index (χ1v) is 6.05. The van der Waals surface area contributed by atoms with Gasteiger partial charge in [0.1, 0.15) is 5.75 Å². The van der Waals surface area contributed by atoms with Gasteiger partial charge >= 0.3 is 0 Å². The monoisotopic (exact) mass is 243 g/mol. The Bertz CT molecular complexity index is 473. The van der Waals surface area contributed by atoms with E-state index in [0.717, 1.165) is 24.2 Å². The summed E-state index contributed by atoms with van der Waals surface area (Å²) >= 11 is 0. The van der Waals surface area contributed by atoms with E-state index in [4.69, 9.17) is 10.5 Å². The third-order valence-corrected chi connectivity index (χ3v) is 2.71. The van der Waals surface area contributed by atoms with E-state index in [1.807, 2.05) is 30.6 Å². The van der Waals surface area contributed by atoms with Crippen LogP contribution in [-0.2, 0) is 13.0 Å². The second kappa shape index (κ2) is 6.71. The molecular weight excluding hydrogens is 226 g/mol. The maximum absolute atomic E-state index is 5.69. The molecule has 0 aliphatic carbocycles. The smallest absolute Gasteiger partial charge is 0.142 e. The number of nitrogens with two attached hydrogens (primary N) is 1. The minimum Gasteiger partial charge on any atom is -0.492 e. The van der Waals surface area contributed by atoms with E-state index >= 15 is 0 Å². The molecule has 18 heavy (non-hydrogen) atoms. The summed E-state index contributed by atoms with van der Waals surface area (Å²) in [5.41, 5.74) is 7.90. The Labute approximate surface area is 107 Å². The molecule has 2 aromatic rings. The van der Waals surface area contributed by atoms with Crippen molar-refractivity contribution in [2.75, 3.05) is 6.61 Å². The number of nitrogens with zero attached hydrogens (tertiary/aromatic N) is 2. The van der Waals surface area contributed by atoms with Crippen molar-refractivity contribution in [3.05, 3.63) is 54.1 Å². The summed E-state index contributed by atoms with van der Waals surface area (Å²) < 4.78 is 5.69. The molecule has 0 radical (unpaired) electrons. The van der Waals surface area contributed by atoms with Crippen molar-refractivity contribution >= 4 is 0 Å². The number of aromatic nitrogens is 2. The van der Waals surface area contributed by atoms with Crippen LogP contribution in [0.25, 0.3) is 0 Å². The third-order valence-electron chi connectivity index (χ3n) is 2.71. The van der Waals surface area contributed by atoms with Gasteiger partial charge in [-0.25, -0.2) is 0 Å². The van der Waals surface area contributed by atoms with E-state index in [0.29, 0.717) is 13.2 Å². The van der Waals surface area contributed by atoms with Crippen LogP contribution < -0.4 is 10.5 Å². The molecule has 2 heterocycles. The average Bonchev–Trinajstić information content (AvgIpc) is 2.45. The number of rotatable bonds is 6. The van der Waals surface area contributed by atoms with Gasteiger partial charge < -0.3 is 10.5 Å². The van der Waals surface area contributed by atoms with Gasteiger partial charge in [-0.2, -0.15) is 0 Å². The zero-order chi connectivity index (χ0) is 12.6. The highest BCUT2D eigenvalue weighted by Crippen LogP contribution is 2.15. The van der Waals surface area contributed by atoms with Crippen molar-refractivity contribution in [1.82, 2.24) is 9.97 Å². The van der Waals surface area contributed by atoms with Crippen LogP contribution in [0.2, 0.25) is 0 Å². The highest BCUT2D eigenvalue weighted by atomic mass is 16.5. The predicted octanol–water partition coefficient (Wildman–Crippen LogP) is 1.95. The number of pyridine rings is 2. The fourth-order valence-corrected chi connectivity index (χ4v) is 1.72. The number of aryl methyl sites for hydroxylation is 1. The molecular formula is C14H17N3O. The minimum absolute atomic E-state index is 0.474. The zero-order valence-corrected chi connectivity index (χ0v) is 10.2. The SMILES string of the molecule is NCc1ccncc1OCCCc1ccncc1. The first kappa shape index (κ1) is 12.5. The molecule has 0 amide bonds. The molecule has 0 aromatic carbocycles. The van der Waals surface area contributed by atoms with E-state index in [-0.39, 0.29) is 0 Å². The van der Waals surface area contributed by atoms with E-state index in [1.165, 1.54) is 5.56 Å². The first-order chi connectivity index (χ1) is 8.90. The Balaban J connectivity index is 1.78. The highest BCUT2D eigenvalue weighted by molar-refractivity contribution is 5.29. The summed E-state index contributed by atoms with van der Waals surface area (Å²) in [6.07, 6.45) is 9.01. The quantitative estimate of drug-likeness (QED) is 0.788. The molecule has 2 N–H and O–H groups in total. The van der Waals surface area contributed by atoms with Gasteiger partial charge in [0.25, 0.3) is 0 Å². The molecule has 0 saturated heterocycles. The fraction of sp³-hybridized carbons (Fsp3) is 0.286. The van der Waals surface area contributed by atoms with Gasteiger partial charge in [-0.05, 0) is 36.6 Å². The molecule has 4 nitrogen and oxygen atoms in total. The number of hydrogen-bond acceptors (Lipinski definition) is 4. The summed E-state index contributed by atoms with van der Waals surface area (Å²) in [4.78, 5) is 8.03. The molecule has 2 rings (SSSR count). The van der Waals surface area contributed by atoms with Gasteiger partial charge in [0, 0.05) is 30.7 Å². The maximum atomic E-state index is 5.69. The van der Waals surface area contributed by atoms with Gasteiger partial charge in [0.15, 0.2) is 0 Å². The standard InChI is InChI=1S/C14H17N3O/c15-10-13-5-8-17-11-14(13)18-9-1-2-12-3-6-16-7-4-12/h3-8,11H,1-2,9-10,15H2. The lowest BCUT2D eigenvalue weighted by Crippen LogP contribution is -2.05. The van der Waals surface area contributed by atoms with Crippen molar-refractivity contribution in [1.29, 1.82) is 0 Å². The predicted molar refractivity (Wildman–Crippen MR) is 70.2 cm³/mol. The lowest BCUT2D eigenvalue weighted by atomic mass is 10.1. The second-order valence-corrected chi connectivity index (χ2v) is 3.99. The van der Waals surface area contributed by atoms with Crippen LogP contribution in [-0.4, -0.2) is 16.6 Å². The van der Waals surface area contributed by atoms with Gasteiger partial charge in [-0.1, -0.05) is 0 Å². The molecule has 0 atom stereocenters. The van der Waals surface area contributed by atoms with Gasteiger partial charge in [0.2, 0.25) is 0 Å². The molecule has 0 bridgehead atoms. The van der Waals surface area contributed by atoms with E-state index in [1.54, 1.807) is 12.4 Å². The Morgan fingerprint density at radius 3 is 2.61 bits per heavy atom. The minimum atomic E-state index is 0.474. The summed E-state index contributed by atoms with van der Waals surface area (Å²) in [5.74, 6) is 0.787. The average molecular weight is 243 g/mol. The van der Waals surface area contributed by atoms with Crippen LogP contribution in [0.15, 0.2) is 43.0 Å². The Morgan fingerprint density at radius 2 is 1.83 bits per heavy atom. The Morgan fingerprint density at radius 1 is 1.06 bits per heavy atom. The highest BCUT2D eigenvalue weighted by Gasteiger charge is 2.01. The molecule has 0 saturated carbocycles. The van der Waals surface area contributed by atoms with Crippen molar-refractivity contribution in [2.45, 2.75) is 19.4 Å². The zero-order valence-electron chi connectivity index (χ0n) is 10.2. The van der Waals surface area contributed by atoms with E-state index in [9.17, 15) is 0 Å². The first-order valence-electron chi connectivity index (χ1n) is 6.05. The molecule has 0 aliphatic rings. The van der Waals surface area contributed by atoms with Crippen LogP contribution in [0.4, 0.5) is 0 Å². The summed E-state index contributed by atoms with van der Waals surface area (Å²) in [6.45, 7) is 1.14. The van der Waals surface area contributed by atoms with E-state index < -0.39 is 0 Å². The largest absolute Gasteiger partial charge is 0.492 e. The van der Waals surface area contributed by atoms with E-state index in [2.05, 4.69) is 9.97 Å². The molecule has 0 fully saturated rings. The fourth-order valence-electron chi connectivity index (χ4n) is 1.72. The van der Waals surface area contributed by atoms with Crippen LogP contribution >= 0.6 is 0 Å². The van der Waals surface area contributed by atoms with Gasteiger partial charge in [-0.15, -0.1) is 0 Å². The summed E-state index contributed by atoms with van der Waals surface area (Å²) in [7, 11) is 0.